The summed E-state index contributed by atoms with van der Waals surface area (Å²) in [5.74, 6) is 1.71. The Morgan fingerprint density at radius 3 is 2.48 bits per heavy atom. The topological polar surface area (TPSA) is 43.6 Å². The number of nitrogens with zero attached hydrogens (tertiary/aromatic N) is 4. The van der Waals surface area contributed by atoms with Crippen molar-refractivity contribution in [3.8, 4) is 22.6 Å². The lowest BCUT2D eigenvalue weighted by atomic mass is 10.0. The van der Waals surface area contributed by atoms with Crippen molar-refractivity contribution >= 4 is 22.7 Å². The molecule has 4 nitrogen and oxygen atoms in total. The Labute approximate surface area is 186 Å². The van der Waals surface area contributed by atoms with Gasteiger partial charge in [-0.15, -0.1) is 10.2 Å². The van der Waals surface area contributed by atoms with Crippen molar-refractivity contribution in [2.75, 3.05) is 0 Å². The van der Waals surface area contributed by atoms with Crippen molar-refractivity contribution < 1.29 is 0 Å². The first-order valence-electron chi connectivity index (χ1n) is 10.2. The lowest BCUT2D eigenvalue weighted by molar-refractivity contribution is 0.794. The van der Waals surface area contributed by atoms with Crippen molar-refractivity contribution in [1.29, 1.82) is 0 Å². The first-order chi connectivity index (χ1) is 15.2. The average molecular weight is 423 g/mol. The largest absolute Gasteiger partial charge is 0.305 e. The third-order valence-electron chi connectivity index (χ3n) is 5.31. The van der Waals surface area contributed by atoms with Crippen LogP contribution < -0.4 is 0 Å². The number of para-hydroxylation sites is 1. The standard InChI is InChI=1S/C26H22N4S/c1-18-9-8-10-19(15-18)17-31-26-29-28-25(30(26)2)22-16-24(20-11-4-3-5-12-20)27-23-14-7-6-13-21(22)23/h3-16H,17H2,1-2H3. The van der Waals surface area contributed by atoms with Crippen LogP contribution in [-0.4, -0.2) is 19.7 Å². The SMILES string of the molecule is Cc1cccc(CSc2nnc(-c3cc(-c4ccccc4)nc4ccccc34)n2C)c1. The van der Waals surface area contributed by atoms with Crippen molar-refractivity contribution in [2.45, 2.75) is 17.8 Å². The second-order valence-corrected chi connectivity index (χ2v) is 8.52. The number of fused-ring (bicyclic) bond motifs is 1. The first kappa shape index (κ1) is 19.5. The zero-order valence-corrected chi connectivity index (χ0v) is 18.3. The minimum Gasteiger partial charge on any atom is -0.305 e. The highest BCUT2D eigenvalue weighted by atomic mass is 32.2. The number of hydrogen-bond donors (Lipinski definition) is 0. The van der Waals surface area contributed by atoms with Crippen molar-refractivity contribution in [3.63, 3.8) is 0 Å². The van der Waals surface area contributed by atoms with Gasteiger partial charge in [0.25, 0.3) is 0 Å². The zero-order valence-electron chi connectivity index (χ0n) is 17.5. The molecule has 5 heteroatoms. The molecule has 0 radical (unpaired) electrons. The van der Waals surface area contributed by atoms with E-state index in [0.29, 0.717) is 0 Å². The van der Waals surface area contributed by atoms with Crippen LogP contribution in [-0.2, 0) is 12.8 Å². The Bertz CT molecular complexity index is 1360. The third-order valence-corrected chi connectivity index (χ3v) is 6.40. The lowest BCUT2D eigenvalue weighted by Gasteiger charge is -2.10. The van der Waals surface area contributed by atoms with Gasteiger partial charge in [-0.1, -0.05) is 90.1 Å². The molecule has 0 bridgehead atoms. The molecule has 0 amide bonds. The molecule has 0 fully saturated rings. The molecule has 2 heterocycles. The Morgan fingerprint density at radius 2 is 1.65 bits per heavy atom. The van der Waals surface area contributed by atoms with E-state index in [1.54, 1.807) is 11.8 Å². The Morgan fingerprint density at radius 1 is 0.839 bits per heavy atom. The highest BCUT2D eigenvalue weighted by Crippen LogP contribution is 2.32. The summed E-state index contributed by atoms with van der Waals surface area (Å²) in [7, 11) is 2.03. The van der Waals surface area contributed by atoms with E-state index in [4.69, 9.17) is 4.98 Å². The van der Waals surface area contributed by atoms with Crippen LogP contribution in [0.5, 0.6) is 0 Å². The molecule has 0 spiro atoms. The number of benzene rings is 3. The van der Waals surface area contributed by atoms with Crippen LogP contribution in [0.15, 0.2) is 90.1 Å². The second kappa shape index (κ2) is 8.36. The molecule has 5 rings (SSSR count). The van der Waals surface area contributed by atoms with E-state index in [1.807, 2.05) is 37.4 Å². The van der Waals surface area contributed by atoms with Crippen LogP contribution in [0.4, 0.5) is 0 Å². The number of pyridine rings is 1. The first-order valence-corrected chi connectivity index (χ1v) is 11.2. The highest BCUT2D eigenvalue weighted by Gasteiger charge is 2.16. The van der Waals surface area contributed by atoms with Crippen molar-refractivity contribution in [1.82, 2.24) is 19.7 Å². The van der Waals surface area contributed by atoms with Gasteiger partial charge in [-0.25, -0.2) is 4.98 Å². The molecular formula is C26H22N4S. The molecule has 2 aromatic heterocycles. The maximum absolute atomic E-state index is 4.89. The molecule has 0 aliphatic heterocycles. The van der Waals surface area contributed by atoms with E-state index in [0.717, 1.165) is 44.5 Å². The fraction of sp³-hybridized carbons (Fsp3) is 0.115. The monoisotopic (exact) mass is 422 g/mol. The summed E-state index contributed by atoms with van der Waals surface area (Å²) in [5, 5.41) is 11.0. The molecule has 0 saturated carbocycles. The molecule has 0 N–H and O–H groups in total. The van der Waals surface area contributed by atoms with Gasteiger partial charge in [0.2, 0.25) is 0 Å². The fourth-order valence-electron chi connectivity index (χ4n) is 3.74. The van der Waals surface area contributed by atoms with Gasteiger partial charge < -0.3 is 4.57 Å². The van der Waals surface area contributed by atoms with Gasteiger partial charge in [0, 0.05) is 29.3 Å². The molecule has 152 valence electrons. The van der Waals surface area contributed by atoms with Gasteiger partial charge in [0.1, 0.15) is 0 Å². The van der Waals surface area contributed by atoms with Crippen LogP contribution in [0.1, 0.15) is 11.1 Å². The Hall–Kier alpha value is -3.44. The summed E-state index contributed by atoms with van der Waals surface area (Å²) in [6, 6.07) is 29.2. The summed E-state index contributed by atoms with van der Waals surface area (Å²) in [6.45, 7) is 2.12. The van der Waals surface area contributed by atoms with Gasteiger partial charge in [-0.2, -0.15) is 0 Å². The van der Waals surface area contributed by atoms with Crippen LogP contribution in [0.25, 0.3) is 33.5 Å². The van der Waals surface area contributed by atoms with Gasteiger partial charge in [0.05, 0.1) is 11.2 Å². The molecule has 31 heavy (non-hydrogen) atoms. The van der Waals surface area contributed by atoms with Gasteiger partial charge in [0.15, 0.2) is 11.0 Å². The molecule has 0 atom stereocenters. The van der Waals surface area contributed by atoms with Crippen LogP contribution in [0.2, 0.25) is 0 Å². The quantitative estimate of drug-likeness (QED) is 0.312. The summed E-state index contributed by atoms with van der Waals surface area (Å²) >= 11 is 1.70. The van der Waals surface area contributed by atoms with E-state index in [-0.39, 0.29) is 0 Å². The maximum Gasteiger partial charge on any atom is 0.191 e. The Balaban J connectivity index is 1.55. The Kier molecular flexibility index (Phi) is 5.26. The molecule has 5 aromatic rings. The third kappa shape index (κ3) is 3.97. The smallest absolute Gasteiger partial charge is 0.191 e. The van der Waals surface area contributed by atoms with Gasteiger partial charge in [-0.3, -0.25) is 0 Å². The number of thioether (sulfide) groups is 1. The van der Waals surface area contributed by atoms with E-state index in [9.17, 15) is 0 Å². The minimum atomic E-state index is 0.850. The predicted octanol–water partition coefficient (Wildman–Crippen LogP) is 6.30. The van der Waals surface area contributed by atoms with Crippen LogP contribution in [0, 0.1) is 6.92 Å². The van der Waals surface area contributed by atoms with Crippen molar-refractivity contribution in [2.24, 2.45) is 7.05 Å². The van der Waals surface area contributed by atoms with E-state index >= 15 is 0 Å². The normalized spacial score (nSPS) is 11.2. The van der Waals surface area contributed by atoms with Gasteiger partial charge in [-0.05, 0) is 24.6 Å². The van der Waals surface area contributed by atoms with E-state index in [2.05, 4.69) is 76.3 Å². The molecule has 0 unspecified atom stereocenters. The molecule has 0 aliphatic rings. The van der Waals surface area contributed by atoms with E-state index in [1.165, 1.54) is 11.1 Å². The number of aromatic nitrogens is 4. The number of aryl methyl sites for hydroxylation is 1. The summed E-state index contributed by atoms with van der Waals surface area (Å²) in [4.78, 5) is 4.89. The zero-order chi connectivity index (χ0) is 21.2. The predicted molar refractivity (Wildman–Crippen MR) is 128 cm³/mol. The molecular weight excluding hydrogens is 400 g/mol. The minimum absolute atomic E-state index is 0.850. The summed E-state index contributed by atoms with van der Waals surface area (Å²) in [5.41, 5.74) is 6.58. The molecule has 3 aromatic carbocycles. The maximum atomic E-state index is 4.89. The van der Waals surface area contributed by atoms with Gasteiger partial charge >= 0.3 is 0 Å². The summed E-state index contributed by atoms with van der Waals surface area (Å²) < 4.78 is 2.08. The van der Waals surface area contributed by atoms with Crippen LogP contribution >= 0.6 is 11.8 Å². The molecule has 0 saturated heterocycles. The lowest BCUT2D eigenvalue weighted by Crippen LogP contribution is -1.97. The van der Waals surface area contributed by atoms with Crippen molar-refractivity contribution in [3.05, 3.63) is 96.1 Å². The highest BCUT2D eigenvalue weighted by molar-refractivity contribution is 7.98. The van der Waals surface area contributed by atoms with Crippen LogP contribution in [0.3, 0.4) is 0 Å². The van der Waals surface area contributed by atoms with E-state index < -0.39 is 0 Å². The second-order valence-electron chi connectivity index (χ2n) is 7.58. The average Bonchev–Trinajstić information content (AvgIpc) is 3.17. The number of hydrogen-bond acceptors (Lipinski definition) is 4. The summed E-state index contributed by atoms with van der Waals surface area (Å²) in [6.07, 6.45) is 0. The number of rotatable bonds is 5. The fourth-order valence-corrected chi connectivity index (χ4v) is 4.60. The molecule has 0 aliphatic carbocycles.